The van der Waals surface area contributed by atoms with Gasteiger partial charge in [-0.3, -0.25) is 0 Å². The first-order valence-electron chi connectivity index (χ1n) is 5.62. The maximum Gasteiger partial charge on any atom is 0.169 e. The number of hydrogen-bond donors (Lipinski definition) is 1. The summed E-state index contributed by atoms with van der Waals surface area (Å²) in [6.07, 6.45) is 9.15. The molecule has 0 fully saturated rings. The Morgan fingerprint density at radius 1 is 1.56 bits per heavy atom. The SMILES string of the molecule is C#CC(CCC)Nc1ncccc1OCC. The van der Waals surface area contributed by atoms with Gasteiger partial charge in [-0.1, -0.05) is 19.3 Å². The van der Waals surface area contributed by atoms with Crippen LogP contribution in [-0.2, 0) is 0 Å². The van der Waals surface area contributed by atoms with Gasteiger partial charge in [0.05, 0.1) is 12.6 Å². The van der Waals surface area contributed by atoms with Crippen LogP contribution in [0.4, 0.5) is 5.82 Å². The highest BCUT2D eigenvalue weighted by Gasteiger charge is 2.08. The molecule has 16 heavy (non-hydrogen) atoms. The van der Waals surface area contributed by atoms with Crippen molar-refractivity contribution >= 4 is 5.82 Å². The number of nitrogens with zero attached hydrogens (tertiary/aromatic N) is 1. The molecule has 0 aliphatic rings. The van der Waals surface area contributed by atoms with E-state index >= 15 is 0 Å². The third kappa shape index (κ3) is 3.47. The van der Waals surface area contributed by atoms with Crippen molar-refractivity contribution in [3.05, 3.63) is 18.3 Å². The fourth-order valence-electron chi connectivity index (χ4n) is 1.42. The molecule has 0 aliphatic heterocycles. The molecule has 1 rings (SSSR count). The molecule has 3 nitrogen and oxygen atoms in total. The highest BCUT2D eigenvalue weighted by molar-refractivity contribution is 5.51. The second-order valence-corrected chi connectivity index (χ2v) is 3.44. The summed E-state index contributed by atoms with van der Waals surface area (Å²) in [6, 6.07) is 3.75. The lowest BCUT2D eigenvalue weighted by atomic mass is 10.2. The van der Waals surface area contributed by atoms with Crippen molar-refractivity contribution in [1.29, 1.82) is 0 Å². The Morgan fingerprint density at radius 2 is 2.38 bits per heavy atom. The molecule has 3 heteroatoms. The van der Waals surface area contributed by atoms with Crippen LogP contribution in [-0.4, -0.2) is 17.6 Å². The lowest BCUT2D eigenvalue weighted by Gasteiger charge is -2.15. The third-order valence-electron chi connectivity index (χ3n) is 2.16. The minimum absolute atomic E-state index is 0.0131. The first-order chi connectivity index (χ1) is 7.81. The van der Waals surface area contributed by atoms with Crippen molar-refractivity contribution in [2.75, 3.05) is 11.9 Å². The van der Waals surface area contributed by atoms with Gasteiger partial charge >= 0.3 is 0 Å². The maximum absolute atomic E-state index is 5.47. The van der Waals surface area contributed by atoms with E-state index in [-0.39, 0.29) is 6.04 Å². The summed E-state index contributed by atoms with van der Waals surface area (Å²) in [5.41, 5.74) is 0. The Kier molecular flexibility index (Phi) is 5.21. The van der Waals surface area contributed by atoms with Gasteiger partial charge in [0, 0.05) is 6.20 Å². The van der Waals surface area contributed by atoms with Crippen LogP contribution in [0.25, 0.3) is 0 Å². The summed E-state index contributed by atoms with van der Waals surface area (Å²) in [4.78, 5) is 4.24. The molecule has 0 bridgehead atoms. The second kappa shape index (κ2) is 6.73. The van der Waals surface area contributed by atoms with Gasteiger partial charge in [-0.15, -0.1) is 6.42 Å². The quantitative estimate of drug-likeness (QED) is 0.745. The van der Waals surface area contributed by atoms with Crippen LogP contribution < -0.4 is 10.1 Å². The van der Waals surface area contributed by atoms with E-state index in [4.69, 9.17) is 11.2 Å². The average Bonchev–Trinajstić information content (AvgIpc) is 2.31. The second-order valence-electron chi connectivity index (χ2n) is 3.44. The number of anilines is 1. The molecule has 0 radical (unpaired) electrons. The van der Waals surface area contributed by atoms with E-state index in [9.17, 15) is 0 Å². The zero-order chi connectivity index (χ0) is 11.8. The van der Waals surface area contributed by atoms with Gasteiger partial charge in [0.25, 0.3) is 0 Å². The normalized spacial score (nSPS) is 11.6. The minimum atomic E-state index is 0.0131. The number of pyridine rings is 1. The van der Waals surface area contributed by atoms with E-state index in [1.165, 1.54) is 0 Å². The van der Waals surface area contributed by atoms with Gasteiger partial charge in [-0.05, 0) is 25.5 Å². The van der Waals surface area contributed by atoms with Crippen molar-refractivity contribution in [2.45, 2.75) is 32.7 Å². The smallest absolute Gasteiger partial charge is 0.169 e. The number of ether oxygens (including phenoxy) is 1. The molecule has 1 heterocycles. The fraction of sp³-hybridized carbons (Fsp3) is 0.462. The minimum Gasteiger partial charge on any atom is -0.490 e. The van der Waals surface area contributed by atoms with Crippen molar-refractivity contribution in [2.24, 2.45) is 0 Å². The number of rotatable bonds is 6. The van der Waals surface area contributed by atoms with E-state index in [0.717, 1.165) is 24.4 Å². The van der Waals surface area contributed by atoms with E-state index < -0.39 is 0 Å². The molecule has 1 atom stereocenters. The van der Waals surface area contributed by atoms with Crippen molar-refractivity contribution in [3.63, 3.8) is 0 Å². The number of aromatic nitrogens is 1. The van der Waals surface area contributed by atoms with E-state index in [1.54, 1.807) is 6.20 Å². The van der Waals surface area contributed by atoms with Gasteiger partial charge in [0.15, 0.2) is 11.6 Å². The molecule has 0 aromatic carbocycles. The molecule has 0 saturated heterocycles. The molecule has 0 spiro atoms. The van der Waals surface area contributed by atoms with E-state index in [1.807, 2.05) is 19.1 Å². The van der Waals surface area contributed by atoms with Crippen molar-refractivity contribution in [1.82, 2.24) is 4.98 Å². The molecular weight excluding hydrogens is 200 g/mol. The van der Waals surface area contributed by atoms with Crippen LogP contribution in [0.1, 0.15) is 26.7 Å². The Balaban J connectivity index is 2.75. The Labute approximate surface area is 97.2 Å². The highest BCUT2D eigenvalue weighted by Crippen LogP contribution is 2.22. The van der Waals surface area contributed by atoms with Crippen LogP contribution in [0.3, 0.4) is 0 Å². The molecule has 86 valence electrons. The summed E-state index contributed by atoms with van der Waals surface area (Å²) >= 11 is 0. The van der Waals surface area contributed by atoms with Gasteiger partial charge in [-0.2, -0.15) is 0 Å². The van der Waals surface area contributed by atoms with Crippen LogP contribution in [0.15, 0.2) is 18.3 Å². The predicted molar refractivity (Wildman–Crippen MR) is 66.6 cm³/mol. The van der Waals surface area contributed by atoms with Crippen LogP contribution in [0.5, 0.6) is 5.75 Å². The number of nitrogens with one attached hydrogen (secondary N) is 1. The lowest BCUT2D eigenvalue weighted by Crippen LogP contribution is -2.18. The zero-order valence-corrected chi connectivity index (χ0v) is 9.86. The maximum atomic E-state index is 5.47. The topological polar surface area (TPSA) is 34.2 Å². The van der Waals surface area contributed by atoms with Gasteiger partial charge in [0.1, 0.15) is 0 Å². The molecule has 1 N–H and O–H groups in total. The van der Waals surface area contributed by atoms with E-state index in [0.29, 0.717) is 6.61 Å². The van der Waals surface area contributed by atoms with Crippen molar-refractivity contribution < 1.29 is 4.74 Å². The van der Waals surface area contributed by atoms with Crippen LogP contribution in [0, 0.1) is 12.3 Å². The molecular formula is C13H18N2O. The van der Waals surface area contributed by atoms with E-state index in [2.05, 4.69) is 23.1 Å². The monoisotopic (exact) mass is 218 g/mol. The molecule has 1 aromatic rings. The molecule has 0 saturated carbocycles. The first kappa shape index (κ1) is 12.4. The largest absolute Gasteiger partial charge is 0.490 e. The molecule has 0 amide bonds. The summed E-state index contributed by atoms with van der Waals surface area (Å²) in [5, 5.41) is 3.21. The Hall–Kier alpha value is -1.69. The van der Waals surface area contributed by atoms with Gasteiger partial charge < -0.3 is 10.1 Å². The summed E-state index contributed by atoms with van der Waals surface area (Å²) in [6.45, 7) is 4.67. The Bertz CT molecular complexity index is 357. The van der Waals surface area contributed by atoms with Crippen LogP contribution >= 0.6 is 0 Å². The summed E-state index contributed by atoms with van der Waals surface area (Å²) in [7, 11) is 0. The fourth-order valence-corrected chi connectivity index (χ4v) is 1.42. The lowest BCUT2D eigenvalue weighted by molar-refractivity contribution is 0.340. The summed E-state index contributed by atoms with van der Waals surface area (Å²) < 4.78 is 5.47. The predicted octanol–water partition coefficient (Wildman–Crippen LogP) is 2.69. The third-order valence-corrected chi connectivity index (χ3v) is 2.16. The first-order valence-corrected chi connectivity index (χ1v) is 5.62. The summed E-state index contributed by atoms with van der Waals surface area (Å²) in [5.74, 6) is 4.19. The zero-order valence-electron chi connectivity index (χ0n) is 9.86. The van der Waals surface area contributed by atoms with Crippen molar-refractivity contribution in [3.8, 4) is 18.1 Å². The number of terminal acetylenes is 1. The van der Waals surface area contributed by atoms with Gasteiger partial charge in [0.2, 0.25) is 0 Å². The Morgan fingerprint density at radius 3 is 3.00 bits per heavy atom. The molecule has 1 aromatic heterocycles. The average molecular weight is 218 g/mol. The number of hydrogen-bond acceptors (Lipinski definition) is 3. The highest BCUT2D eigenvalue weighted by atomic mass is 16.5. The molecule has 0 aliphatic carbocycles. The van der Waals surface area contributed by atoms with Crippen LogP contribution in [0.2, 0.25) is 0 Å². The van der Waals surface area contributed by atoms with Gasteiger partial charge in [-0.25, -0.2) is 4.98 Å². The standard InChI is InChI=1S/C13H18N2O/c1-4-8-11(5-2)15-13-12(16-6-3)9-7-10-14-13/h2,7,9-11H,4,6,8H2,1,3H3,(H,14,15). The molecule has 1 unspecified atom stereocenters.